The Bertz CT molecular complexity index is 3490. The van der Waals surface area contributed by atoms with Gasteiger partial charge in [0.1, 0.15) is 22.6 Å². The Kier molecular flexibility index (Phi) is 14.5. The third kappa shape index (κ3) is 10.7. The number of fused-ring (bicyclic) bond motifs is 4. The second-order valence-electron chi connectivity index (χ2n) is 15.9. The molecule has 2 aliphatic rings. The second-order valence-corrected chi connectivity index (χ2v) is 16.7. The van der Waals surface area contributed by atoms with E-state index < -0.39 is 23.5 Å². The third-order valence-electron chi connectivity index (χ3n) is 11.1. The maximum absolute atomic E-state index is 14.4. The van der Waals surface area contributed by atoms with Gasteiger partial charge in [-0.3, -0.25) is 4.79 Å². The summed E-state index contributed by atoms with van der Waals surface area (Å²) in [4.78, 5) is 40.3. The summed E-state index contributed by atoms with van der Waals surface area (Å²) in [6, 6.07) is 11.0. The first-order valence-electron chi connectivity index (χ1n) is 21.0. The van der Waals surface area contributed by atoms with Crippen molar-refractivity contribution in [2.45, 2.75) is 69.7 Å². The number of aromatic carboxylic acids is 1. The fourth-order valence-corrected chi connectivity index (χ4v) is 7.72. The van der Waals surface area contributed by atoms with Crippen LogP contribution in [0.1, 0.15) is 111 Å². The maximum Gasteiger partial charge on any atom is 1.00 e. The van der Waals surface area contributed by atoms with Crippen molar-refractivity contribution >= 4 is 69.7 Å². The molecule has 25 heteroatoms. The van der Waals surface area contributed by atoms with E-state index in [2.05, 4.69) is 57.7 Å². The standard InChI is InChI=1S/C22H17ClFN7O2.C14H12N4O3.C8H7ClFN3.ClH.Li/c23-14-7-8-30-11-25-16(21(30)20(14)24)3-5-17(32)22-28-27-19(33-22)9-13-10-31-18(26-13)6-4-15(29-31)12-1-2-12;19-14(20)13-17-16-12(21-13)5-10-7-18-6-9(8-1-2-8)3-4-11(18)15-10;9-5-1-2-13-4-12-6(3-11)8(13)7(5)10;;/h4,6-8,10-12H,1-3,5,9H2;3-4,6-8H,1-2,5H2,(H,19,20);1-2,4H,3,11H2;1H;/q;;;;+1/p-1. The number of nitrogens with two attached hydrogens (primary N) is 1. The smallest absolute Gasteiger partial charge is 0.540 e. The Morgan fingerprint density at radius 3 is 1.93 bits per heavy atom. The number of ketones is 1. The van der Waals surface area contributed by atoms with Crippen molar-refractivity contribution < 1.29 is 51.2 Å². The summed E-state index contributed by atoms with van der Waals surface area (Å²) in [6.07, 6.45) is 17.8. The van der Waals surface area contributed by atoms with Crippen molar-refractivity contribution in [3.8, 4) is 0 Å². The van der Waals surface area contributed by atoms with Crippen LogP contribution in [0.5, 0.6) is 0 Å². The first-order valence-corrected chi connectivity index (χ1v) is 21.7. The van der Waals surface area contributed by atoms with E-state index in [0.717, 1.165) is 28.4 Å². The van der Waals surface area contributed by atoms with Crippen LogP contribution in [0.3, 0.4) is 0 Å². The minimum Gasteiger partial charge on any atom is -0.540 e. The molecule has 0 amide bonds. The van der Waals surface area contributed by atoms with Crippen LogP contribution in [0.4, 0.5) is 8.78 Å². The van der Waals surface area contributed by atoms with Gasteiger partial charge in [-0.15, -0.1) is 32.8 Å². The molecular formula is C44H36Cl3F2LiN14O5. The van der Waals surface area contributed by atoms with Gasteiger partial charge in [-0.1, -0.05) is 29.3 Å². The Morgan fingerprint density at radius 2 is 1.30 bits per heavy atom. The van der Waals surface area contributed by atoms with E-state index in [-0.39, 0.29) is 96.1 Å². The molecule has 0 radical (unpaired) electrons. The number of carboxylic acid groups (broad SMARTS) is 1. The normalized spacial score (nSPS) is 13.2. The van der Waals surface area contributed by atoms with Gasteiger partial charge in [-0.25, -0.2) is 33.2 Å². The van der Waals surface area contributed by atoms with E-state index in [4.69, 9.17) is 37.8 Å². The molecule has 2 aliphatic carbocycles. The van der Waals surface area contributed by atoms with Crippen LogP contribution in [0.25, 0.3) is 22.3 Å². The van der Waals surface area contributed by atoms with Gasteiger partial charge in [0.2, 0.25) is 17.6 Å². The first-order chi connectivity index (χ1) is 32.5. The van der Waals surface area contributed by atoms with Crippen molar-refractivity contribution in [3.05, 3.63) is 159 Å². The summed E-state index contributed by atoms with van der Waals surface area (Å²) in [5.41, 5.74) is 12.4. The molecule has 0 aromatic carbocycles. The molecule has 0 spiro atoms. The number of imidazole rings is 4. The molecule has 0 aliphatic heterocycles. The maximum atomic E-state index is 14.4. The van der Waals surface area contributed by atoms with E-state index in [9.17, 15) is 23.5 Å². The molecule has 2 saturated carbocycles. The number of aryl methyl sites for hydroxylation is 1. The van der Waals surface area contributed by atoms with Crippen LogP contribution in [0, 0.1) is 11.6 Å². The number of hydrogen-bond acceptors (Lipinski definition) is 15. The average Bonchev–Trinajstić information content (AvgIpc) is 3.90. The fourth-order valence-electron chi connectivity index (χ4n) is 7.43. The molecular weight excluding hydrogens is 956 g/mol. The second kappa shape index (κ2) is 20.5. The summed E-state index contributed by atoms with van der Waals surface area (Å²) in [7, 11) is 0. The number of carboxylic acids is 1. The number of Topliss-reactive ketones (excluding diaryl/α,β-unsaturated/α-hetero) is 1. The molecule has 10 aromatic heterocycles. The van der Waals surface area contributed by atoms with Gasteiger partial charge >= 0.3 is 18.9 Å². The third-order valence-corrected chi connectivity index (χ3v) is 11.7. The zero-order valence-corrected chi connectivity index (χ0v) is 38.7. The van der Waals surface area contributed by atoms with Crippen LogP contribution in [-0.2, 0) is 25.8 Å². The van der Waals surface area contributed by atoms with Gasteiger partial charge in [-0.2, -0.15) is 5.10 Å². The fraction of sp³-hybridized carbons (Fsp3) is 0.250. The number of pyridine rings is 3. The van der Waals surface area contributed by atoms with Gasteiger partial charge in [0.05, 0.1) is 70.2 Å². The first kappa shape index (κ1) is 48.8. The molecule has 348 valence electrons. The predicted octanol–water partition coefficient (Wildman–Crippen LogP) is 3.40. The van der Waals surface area contributed by atoms with E-state index in [1.54, 1.807) is 21.3 Å². The topological polar surface area (TPSA) is 243 Å². The number of nitrogens with zero attached hydrogens (tertiary/aromatic N) is 13. The number of hydrogen-bond donors (Lipinski definition) is 1. The minimum absolute atomic E-state index is 0. The van der Waals surface area contributed by atoms with Gasteiger partial charge in [0.15, 0.2) is 17.3 Å². The molecule has 0 saturated heterocycles. The van der Waals surface area contributed by atoms with Gasteiger partial charge in [-0.05, 0) is 73.9 Å². The zero-order valence-electron chi connectivity index (χ0n) is 36.4. The molecule has 0 atom stereocenters. The summed E-state index contributed by atoms with van der Waals surface area (Å²) in [5, 5.41) is 30.2. The van der Waals surface area contributed by atoms with Crippen LogP contribution in [-0.4, -0.2) is 74.9 Å². The molecule has 19 nitrogen and oxygen atoms in total. The number of rotatable bonds is 12. The van der Waals surface area contributed by atoms with Crippen LogP contribution in [0.2, 0.25) is 10.0 Å². The predicted molar refractivity (Wildman–Crippen MR) is 239 cm³/mol. The van der Waals surface area contributed by atoms with Crippen molar-refractivity contribution in [2.75, 3.05) is 0 Å². The Balaban J connectivity index is 0.000000152. The van der Waals surface area contributed by atoms with Crippen molar-refractivity contribution in [1.29, 1.82) is 0 Å². The molecule has 10 heterocycles. The Morgan fingerprint density at radius 1 is 0.725 bits per heavy atom. The van der Waals surface area contributed by atoms with Crippen molar-refractivity contribution in [1.82, 2.24) is 63.1 Å². The minimum atomic E-state index is -1.47. The van der Waals surface area contributed by atoms with Gasteiger partial charge in [0, 0.05) is 43.7 Å². The quantitative estimate of drug-likeness (QED) is 0.136. The van der Waals surface area contributed by atoms with E-state index in [1.165, 1.54) is 60.4 Å². The Labute approximate surface area is 416 Å². The Hall–Kier alpha value is -6.60. The summed E-state index contributed by atoms with van der Waals surface area (Å²) in [5.74, 6) is -1.72. The van der Waals surface area contributed by atoms with E-state index in [0.29, 0.717) is 35.2 Å². The molecule has 10 aromatic rings. The summed E-state index contributed by atoms with van der Waals surface area (Å²) >= 11 is 11.5. The van der Waals surface area contributed by atoms with Crippen molar-refractivity contribution in [2.24, 2.45) is 5.73 Å². The average molecular weight is 992 g/mol. The summed E-state index contributed by atoms with van der Waals surface area (Å²) in [6.45, 7) is 0.202. The van der Waals surface area contributed by atoms with Gasteiger partial charge < -0.3 is 37.7 Å². The number of carbonyl (C=O) groups is 2. The van der Waals surface area contributed by atoms with E-state index >= 15 is 0 Å². The monoisotopic (exact) mass is 990 g/mol. The molecule has 69 heavy (non-hydrogen) atoms. The molecule has 2 fully saturated rings. The van der Waals surface area contributed by atoms with Crippen LogP contribution < -0.4 is 29.7 Å². The molecule has 0 bridgehead atoms. The van der Waals surface area contributed by atoms with Crippen molar-refractivity contribution in [3.63, 3.8) is 0 Å². The van der Waals surface area contributed by atoms with Gasteiger partial charge in [0.25, 0.3) is 11.8 Å². The molecule has 2 N–H and O–H groups in total. The molecule has 0 unspecified atom stereocenters. The number of aromatic nitrogens is 13. The van der Waals surface area contributed by atoms with E-state index in [1.807, 2.05) is 35.0 Å². The zero-order chi connectivity index (χ0) is 46.3. The number of carbonyl (C=O) groups excluding carboxylic acids is 2. The van der Waals surface area contributed by atoms with Crippen LogP contribution >= 0.6 is 35.6 Å². The van der Waals surface area contributed by atoms with Crippen LogP contribution in [0.15, 0.2) is 88.9 Å². The number of halogens is 5. The SMILES string of the molecule is Cl.NCc1ncn2ccc(Cl)c(F)c12.O=C(CCc1ncn2ccc(Cl)c(F)c12)c1nnc(Cc2cn3nc(C4CC4)ccc3n2)o1.O=C([O-])c1nnc(Cc2cn3cc(C4CC4)ccc3n2)o1.[Li+]. The largest absolute Gasteiger partial charge is 1.00 e. The molecule has 12 rings (SSSR count). The summed E-state index contributed by atoms with van der Waals surface area (Å²) < 4.78 is 45.1.